The van der Waals surface area contributed by atoms with Gasteiger partial charge in [0.05, 0.1) is 18.7 Å². The van der Waals surface area contributed by atoms with E-state index in [0.29, 0.717) is 13.0 Å². The molecule has 0 bridgehead atoms. The van der Waals surface area contributed by atoms with Crippen molar-refractivity contribution in [3.8, 4) is 11.5 Å². The lowest BCUT2D eigenvalue weighted by Crippen LogP contribution is -2.48. The van der Waals surface area contributed by atoms with Gasteiger partial charge in [-0.1, -0.05) is 39.0 Å². The Morgan fingerprint density at radius 3 is 2.37 bits per heavy atom. The molecule has 13 heteroatoms. The van der Waals surface area contributed by atoms with Gasteiger partial charge in [0, 0.05) is 31.5 Å². The Morgan fingerprint density at radius 2 is 1.66 bits per heavy atom. The predicted octanol–water partition coefficient (Wildman–Crippen LogP) is 2.94. The van der Waals surface area contributed by atoms with E-state index in [1.807, 2.05) is 0 Å². The SMILES string of the molecule is CCCCCCCCOC(=O)N[C@@H](CNC(=O)c1ccc(OCCNC(=O)NCc2ccncc2)cc1O)C(=O)O. The number of ether oxygens (including phenoxy) is 2. The maximum absolute atomic E-state index is 12.5. The van der Waals surface area contributed by atoms with E-state index in [1.54, 1.807) is 24.5 Å². The Morgan fingerprint density at radius 1 is 0.927 bits per heavy atom. The number of phenols is 1. The Balaban J connectivity index is 1.70. The fraction of sp³-hybridized carbons (Fsp3) is 0.464. The minimum absolute atomic E-state index is 0.106. The Kier molecular flexibility index (Phi) is 14.9. The summed E-state index contributed by atoms with van der Waals surface area (Å²) in [6.07, 6.45) is 8.46. The van der Waals surface area contributed by atoms with Gasteiger partial charge in [-0.15, -0.1) is 0 Å². The van der Waals surface area contributed by atoms with Crippen LogP contribution in [0.4, 0.5) is 9.59 Å². The third kappa shape index (κ3) is 13.4. The van der Waals surface area contributed by atoms with Crippen LogP contribution in [0.15, 0.2) is 42.7 Å². The number of rotatable bonds is 18. The average molecular weight is 574 g/mol. The number of pyridine rings is 1. The van der Waals surface area contributed by atoms with Crippen LogP contribution in [0.3, 0.4) is 0 Å². The molecule has 0 aliphatic rings. The van der Waals surface area contributed by atoms with Crippen molar-refractivity contribution in [2.24, 2.45) is 0 Å². The second-order valence-corrected chi connectivity index (χ2v) is 9.14. The molecule has 0 saturated carbocycles. The number of aliphatic carboxylic acids is 1. The van der Waals surface area contributed by atoms with Gasteiger partial charge < -0.3 is 41.0 Å². The van der Waals surface area contributed by atoms with Crippen LogP contribution in [-0.4, -0.2) is 71.5 Å². The lowest BCUT2D eigenvalue weighted by atomic mass is 10.1. The zero-order valence-corrected chi connectivity index (χ0v) is 23.2. The first kappa shape index (κ1) is 32.7. The molecule has 1 heterocycles. The molecule has 224 valence electrons. The highest BCUT2D eigenvalue weighted by Gasteiger charge is 2.22. The second-order valence-electron chi connectivity index (χ2n) is 9.14. The number of benzene rings is 1. The molecule has 2 aromatic rings. The number of alkyl carbamates (subject to hydrolysis) is 1. The maximum Gasteiger partial charge on any atom is 0.407 e. The minimum Gasteiger partial charge on any atom is -0.507 e. The highest BCUT2D eigenvalue weighted by Crippen LogP contribution is 2.23. The molecule has 0 saturated heterocycles. The van der Waals surface area contributed by atoms with Gasteiger partial charge in [0.25, 0.3) is 5.91 Å². The van der Waals surface area contributed by atoms with E-state index >= 15 is 0 Å². The summed E-state index contributed by atoms with van der Waals surface area (Å²) in [5.74, 6) is -2.22. The number of aromatic hydroxyl groups is 1. The van der Waals surface area contributed by atoms with E-state index in [9.17, 15) is 29.4 Å². The molecule has 0 aliphatic carbocycles. The summed E-state index contributed by atoms with van der Waals surface area (Å²) in [5.41, 5.74) is 0.794. The maximum atomic E-state index is 12.5. The summed E-state index contributed by atoms with van der Waals surface area (Å²) in [5, 5.41) is 29.6. The number of hydrogen-bond acceptors (Lipinski definition) is 8. The van der Waals surface area contributed by atoms with Crippen LogP contribution in [-0.2, 0) is 16.1 Å². The molecule has 6 N–H and O–H groups in total. The number of aromatic nitrogens is 1. The quantitative estimate of drug-likeness (QED) is 0.146. The van der Waals surface area contributed by atoms with Gasteiger partial charge in [-0.05, 0) is 36.2 Å². The first-order valence-corrected chi connectivity index (χ1v) is 13.6. The molecule has 1 atom stereocenters. The molecule has 2 rings (SSSR count). The molecule has 1 aromatic carbocycles. The fourth-order valence-corrected chi connectivity index (χ4v) is 3.59. The van der Waals surface area contributed by atoms with Gasteiger partial charge in [0.2, 0.25) is 0 Å². The zero-order valence-electron chi connectivity index (χ0n) is 23.2. The summed E-state index contributed by atoms with van der Waals surface area (Å²) in [7, 11) is 0. The fourth-order valence-electron chi connectivity index (χ4n) is 3.59. The van der Waals surface area contributed by atoms with Gasteiger partial charge in [-0.25, -0.2) is 14.4 Å². The van der Waals surface area contributed by atoms with E-state index in [-0.39, 0.29) is 42.9 Å². The standard InChI is InChI=1S/C28H39N5O8/c1-2-3-4-5-6-7-15-41-28(39)33-23(26(36)37)19-31-25(35)22-9-8-21(17-24(22)34)40-16-14-30-27(38)32-18-20-10-12-29-13-11-20/h8-13,17,23,34H,2-7,14-16,18-19H2,1H3,(H,31,35)(H,33,39)(H,36,37)(H2,30,32,38)/t23-/m0/s1. The smallest absolute Gasteiger partial charge is 0.407 e. The Bertz CT molecular complexity index is 1120. The third-order valence-electron chi connectivity index (χ3n) is 5.86. The first-order chi connectivity index (χ1) is 19.8. The molecule has 4 amide bonds. The van der Waals surface area contributed by atoms with E-state index in [4.69, 9.17) is 9.47 Å². The molecule has 41 heavy (non-hydrogen) atoms. The molecular formula is C28H39N5O8. The van der Waals surface area contributed by atoms with Crippen molar-refractivity contribution < 1.29 is 38.9 Å². The number of unbranched alkanes of at least 4 members (excludes halogenated alkanes) is 5. The van der Waals surface area contributed by atoms with Crippen molar-refractivity contribution in [2.75, 3.05) is 26.3 Å². The van der Waals surface area contributed by atoms with E-state index < -0.39 is 30.6 Å². The van der Waals surface area contributed by atoms with Crippen LogP contribution in [0.25, 0.3) is 0 Å². The van der Waals surface area contributed by atoms with Gasteiger partial charge in [-0.2, -0.15) is 0 Å². The number of carbonyl (C=O) groups excluding carboxylic acids is 3. The summed E-state index contributed by atoms with van der Waals surface area (Å²) >= 11 is 0. The van der Waals surface area contributed by atoms with E-state index in [0.717, 1.165) is 37.7 Å². The highest BCUT2D eigenvalue weighted by atomic mass is 16.5. The summed E-state index contributed by atoms with van der Waals surface area (Å²) in [6.45, 7) is 2.52. The van der Waals surface area contributed by atoms with Crippen molar-refractivity contribution in [2.45, 2.75) is 58.0 Å². The van der Waals surface area contributed by atoms with Gasteiger partial charge >= 0.3 is 18.1 Å². The highest BCUT2D eigenvalue weighted by molar-refractivity contribution is 5.97. The van der Waals surface area contributed by atoms with Crippen LogP contribution in [0, 0.1) is 0 Å². The number of nitrogens with zero attached hydrogens (tertiary/aromatic N) is 1. The van der Waals surface area contributed by atoms with Crippen molar-refractivity contribution in [1.82, 2.24) is 26.3 Å². The molecule has 0 fully saturated rings. The molecule has 1 aromatic heterocycles. The minimum atomic E-state index is -1.42. The number of phenolic OH excluding ortho intramolecular Hbond substituents is 1. The van der Waals surface area contributed by atoms with Crippen molar-refractivity contribution >= 4 is 24.0 Å². The Hall–Kier alpha value is -4.55. The summed E-state index contributed by atoms with van der Waals surface area (Å²) < 4.78 is 10.5. The lowest BCUT2D eigenvalue weighted by Gasteiger charge is -2.16. The van der Waals surface area contributed by atoms with Crippen molar-refractivity contribution in [3.05, 3.63) is 53.9 Å². The zero-order chi connectivity index (χ0) is 29.9. The van der Waals surface area contributed by atoms with Crippen LogP contribution >= 0.6 is 0 Å². The lowest BCUT2D eigenvalue weighted by molar-refractivity contribution is -0.139. The first-order valence-electron chi connectivity index (χ1n) is 13.6. The van der Waals surface area contributed by atoms with E-state index in [1.165, 1.54) is 18.2 Å². The number of urea groups is 1. The van der Waals surface area contributed by atoms with Crippen molar-refractivity contribution in [3.63, 3.8) is 0 Å². The number of hydrogen-bond donors (Lipinski definition) is 6. The van der Waals surface area contributed by atoms with E-state index in [2.05, 4.69) is 33.2 Å². The second kappa shape index (κ2) is 18.7. The molecule has 13 nitrogen and oxygen atoms in total. The van der Waals surface area contributed by atoms with Gasteiger partial charge in [0.15, 0.2) is 0 Å². The third-order valence-corrected chi connectivity index (χ3v) is 5.86. The van der Waals surface area contributed by atoms with Crippen LogP contribution < -0.4 is 26.0 Å². The average Bonchev–Trinajstić information content (AvgIpc) is 2.96. The van der Waals surface area contributed by atoms with Crippen LogP contribution in [0.5, 0.6) is 11.5 Å². The molecule has 0 radical (unpaired) electrons. The summed E-state index contributed by atoms with van der Waals surface area (Å²) in [4.78, 5) is 51.7. The normalized spacial score (nSPS) is 11.1. The van der Waals surface area contributed by atoms with Gasteiger partial charge in [-0.3, -0.25) is 9.78 Å². The molecule has 0 unspecified atom stereocenters. The Labute approximate surface area is 239 Å². The molecular weight excluding hydrogens is 534 g/mol. The monoisotopic (exact) mass is 573 g/mol. The van der Waals surface area contributed by atoms with Crippen molar-refractivity contribution in [1.29, 1.82) is 0 Å². The molecule has 0 spiro atoms. The number of carboxylic acids is 1. The number of carbonyl (C=O) groups is 4. The molecule has 0 aliphatic heterocycles. The van der Waals surface area contributed by atoms with Crippen LogP contribution in [0.1, 0.15) is 61.4 Å². The topological polar surface area (TPSA) is 188 Å². The summed E-state index contributed by atoms with van der Waals surface area (Å²) in [6, 6.07) is 5.77. The van der Waals surface area contributed by atoms with Crippen LogP contribution in [0.2, 0.25) is 0 Å². The predicted molar refractivity (Wildman–Crippen MR) is 150 cm³/mol. The number of nitrogens with one attached hydrogen (secondary N) is 4. The number of carboxylic acid groups (broad SMARTS) is 1. The van der Waals surface area contributed by atoms with Gasteiger partial charge in [0.1, 0.15) is 24.1 Å². The largest absolute Gasteiger partial charge is 0.507 e. The number of amides is 4.